The second kappa shape index (κ2) is 10.8. The fraction of sp³-hybridized carbons (Fsp3) is 0.429. The number of nitrogens with one attached hydrogen (secondary N) is 1. The van der Waals surface area contributed by atoms with Crippen LogP contribution in [-0.4, -0.2) is 55.0 Å². The zero-order valence-corrected chi connectivity index (χ0v) is 24.2. The molecule has 0 radical (unpaired) electrons. The summed E-state index contributed by atoms with van der Waals surface area (Å²) in [7, 11) is -2.25. The average molecular weight is 554 g/mol. The number of sulfonamides is 1. The summed E-state index contributed by atoms with van der Waals surface area (Å²) in [5.41, 5.74) is 7.06. The predicted octanol–water partition coefficient (Wildman–Crippen LogP) is 4.20. The average Bonchev–Trinajstić information content (AvgIpc) is 3.14. The van der Waals surface area contributed by atoms with Gasteiger partial charge in [-0.25, -0.2) is 19.7 Å². The van der Waals surface area contributed by atoms with Gasteiger partial charge in [0.2, 0.25) is 0 Å². The molecule has 0 spiro atoms. The number of amides is 1. The van der Waals surface area contributed by atoms with Gasteiger partial charge >= 0.3 is 0 Å². The van der Waals surface area contributed by atoms with E-state index in [0.717, 1.165) is 24.3 Å². The Labute approximate surface area is 232 Å². The SMILES string of the molecule is CC(C)CN(C)c1cc(-c2ccc(C(=O)NS(=O)(=O)c3cccc(N)n3)c(N3CC(C)CC3(C)C)n2)ccn1.[HH]. The standard InChI is InChI=1S/C28H37N7O3S.H2/c1-18(2)16-34(6)24-14-20(12-13-30-24)22-11-10-21(26(31-22)35-17-19(3)15-28(35,4)5)27(36)33-39(37,38)25-9-7-8-23(29)32-25;/h7-14,18-19H,15-17H2,1-6H3,(H2,29,32)(H,33,36);1H. The Morgan fingerprint density at radius 2 is 1.97 bits per heavy atom. The smallest absolute Gasteiger partial charge is 0.281 e. The lowest BCUT2D eigenvalue weighted by molar-refractivity contribution is 0.0981. The summed E-state index contributed by atoms with van der Waals surface area (Å²) < 4.78 is 28.1. The van der Waals surface area contributed by atoms with Crippen LogP contribution in [0.1, 0.15) is 52.8 Å². The summed E-state index contributed by atoms with van der Waals surface area (Å²) in [6.45, 7) is 12.2. The Morgan fingerprint density at radius 3 is 2.62 bits per heavy atom. The Bertz CT molecular complexity index is 1480. The number of aromatic nitrogens is 3. The molecule has 1 atom stereocenters. The molecule has 3 aromatic heterocycles. The molecule has 10 nitrogen and oxygen atoms in total. The number of carbonyl (C=O) groups excluding carboxylic acids is 1. The van der Waals surface area contributed by atoms with E-state index in [9.17, 15) is 13.2 Å². The highest BCUT2D eigenvalue weighted by molar-refractivity contribution is 7.90. The first-order chi connectivity index (χ1) is 18.3. The van der Waals surface area contributed by atoms with Gasteiger partial charge < -0.3 is 15.5 Å². The van der Waals surface area contributed by atoms with Crippen molar-refractivity contribution in [3.05, 3.63) is 54.2 Å². The molecule has 210 valence electrons. The molecule has 0 saturated carbocycles. The molecule has 1 aliphatic rings. The molecule has 1 fully saturated rings. The van der Waals surface area contributed by atoms with Crippen LogP contribution in [0.5, 0.6) is 0 Å². The quantitative estimate of drug-likeness (QED) is 0.421. The number of pyridine rings is 3. The van der Waals surface area contributed by atoms with Gasteiger partial charge in [0.1, 0.15) is 17.5 Å². The van der Waals surface area contributed by atoms with E-state index in [1.165, 1.54) is 18.2 Å². The molecule has 1 unspecified atom stereocenters. The molecular formula is C28H39N7O3S. The van der Waals surface area contributed by atoms with E-state index in [0.29, 0.717) is 29.9 Å². The van der Waals surface area contributed by atoms with Crippen molar-refractivity contribution in [3.8, 4) is 11.3 Å². The van der Waals surface area contributed by atoms with Gasteiger partial charge in [0.25, 0.3) is 15.9 Å². The fourth-order valence-electron chi connectivity index (χ4n) is 5.19. The van der Waals surface area contributed by atoms with Crippen molar-refractivity contribution >= 4 is 33.4 Å². The topological polar surface area (TPSA) is 134 Å². The van der Waals surface area contributed by atoms with Gasteiger partial charge in [0, 0.05) is 38.9 Å². The van der Waals surface area contributed by atoms with Crippen LogP contribution < -0.4 is 20.3 Å². The minimum absolute atomic E-state index is 0. The van der Waals surface area contributed by atoms with Crippen LogP contribution in [0, 0.1) is 11.8 Å². The molecule has 3 aromatic rings. The Balaban J connectivity index is 0.00000441. The molecule has 3 N–H and O–H groups in total. The van der Waals surface area contributed by atoms with E-state index >= 15 is 0 Å². The summed E-state index contributed by atoms with van der Waals surface area (Å²) in [4.78, 5) is 31.0. The molecular weight excluding hydrogens is 514 g/mol. The van der Waals surface area contributed by atoms with Crippen molar-refractivity contribution in [2.45, 2.75) is 51.6 Å². The lowest BCUT2D eigenvalue weighted by atomic mass is 9.97. The maximum Gasteiger partial charge on any atom is 0.281 e. The molecule has 1 saturated heterocycles. The van der Waals surface area contributed by atoms with Gasteiger partial charge in [-0.2, -0.15) is 8.42 Å². The molecule has 4 heterocycles. The number of rotatable bonds is 8. The van der Waals surface area contributed by atoms with Gasteiger partial charge in [0.05, 0.1) is 11.3 Å². The van der Waals surface area contributed by atoms with Crippen molar-refractivity contribution < 1.29 is 14.6 Å². The minimum atomic E-state index is -4.25. The molecule has 0 aromatic carbocycles. The Kier molecular flexibility index (Phi) is 7.83. The third-order valence-corrected chi connectivity index (χ3v) is 8.00. The molecule has 0 aliphatic carbocycles. The second-order valence-electron chi connectivity index (χ2n) is 11.3. The lowest BCUT2D eigenvalue weighted by Gasteiger charge is -2.34. The normalized spacial score (nSPS) is 16.9. The van der Waals surface area contributed by atoms with Gasteiger partial charge in [-0.15, -0.1) is 0 Å². The van der Waals surface area contributed by atoms with Crippen molar-refractivity contribution in [2.24, 2.45) is 11.8 Å². The van der Waals surface area contributed by atoms with E-state index in [1.54, 1.807) is 18.3 Å². The molecule has 0 bridgehead atoms. The van der Waals surface area contributed by atoms with Crippen LogP contribution in [0.4, 0.5) is 17.5 Å². The van der Waals surface area contributed by atoms with E-state index in [4.69, 9.17) is 10.7 Å². The van der Waals surface area contributed by atoms with Crippen molar-refractivity contribution in [2.75, 3.05) is 35.7 Å². The molecule has 4 rings (SSSR count). The summed E-state index contributed by atoms with van der Waals surface area (Å²) in [6.07, 6.45) is 2.65. The number of nitrogens with two attached hydrogens (primary N) is 1. The van der Waals surface area contributed by atoms with Gasteiger partial charge in [-0.05, 0) is 68.5 Å². The Morgan fingerprint density at radius 1 is 1.23 bits per heavy atom. The van der Waals surface area contributed by atoms with Crippen LogP contribution in [-0.2, 0) is 10.0 Å². The van der Waals surface area contributed by atoms with Crippen molar-refractivity contribution in [1.82, 2.24) is 19.7 Å². The number of hydrogen-bond donors (Lipinski definition) is 2. The maximum atomic E-state index is 13.4. The van der Waals surface area contributed by atoms with Crippen LogP contribution >= 0.6 is 0 Å². The van der Waals surface area contributed by atoms with Crippen LogP contribution in [0.15, 0.2) is 53.7 Å². The maximum absolute atomic E-state index is 13.4. The zero-order chi connectivity index (χ0) is 28.5. The third kappa shape index (κ3) is 6.30. The fourth-order valence-corrected chi connectivity index (χ4v) is 6.13. The summed E-state index contributed by atoms with van der Waals surface area (Å²) >= 11 is 0. The first kappa shape index (κ1) is 28.3. The van der Waals surface area contributed by atoms with Gasteiger partial charge in [-0.3, -0.25) is 4.79 Å². The first-order valence-corrected chi connectivity index (χ1v) is 14.5. The predicted molar refractivity (Wildman–Crippen MR) is 156 cm³/mol. The lowest BCUT2D eigenvalue weighted by Crippen LogP contribution is -2.41. The Hall–Kier alpha value is -3.73. The highest BCUT2D eigenvalue weighted by atomic mass is 32.2. The van der Waals surface area contributed by atoms with E-state index in [2.05, 4.69) is 59.1 Å². The van der Waals surface area contributed by atoms with E-state index in [-0.39, 0.29) is 23.4 Å². The highest BCUT2D eigenvalue weighted by Crippen LogP contribution is 2.38. The van der Waals surface area contributed by atoms with Crippen LogP contribution in [0.2, 0.25) is 0 Å². The number of nitrogen functional groups attached to an aromatic ring is 1. The van der Waals surface area contributed by atoms with E-state index < -0.39 is 15.9 Å². The summed E-state index contributed by atoms with van der Waals surface area (Å²) in [5.74, 6) is 1.36. The molecule has 39 heavy (non-hydrogen) atoms. The summed E-state index contributed by atoms with van der Waals surface area (Å²) in [5, 5.41) is -0.327. The molecule has 11 heteroatoms. The first-order valence-electron chi connectivity index (χ1n) is 13.0. The van der Waals surface area contributed by atoms with E-state index in [1.807, 2.05) is 19.2 Å². The highest BCUT2D eigenvalue weighted by Gasteiger charge is 2.39. The third-order valence-electron chi connectivity index (χ3n) is 6.77. The summed E-state index contributed by atoms with van der Waals surface area (Å²) in [6, 6.07) is 11.5. The van der Waals surface area contributed by atoms with Crippen molar-refractivity contribution in [3.63, 3.8) is 0 Å². The molecule has 1 aliphatic heterocycles. The second-order valence-corrected chi connectivity index (χ2v) is 12.9. The van der Waals surface area contributed by atoms with Gasteiger partial charge in [0.15, 0.2) is 5.03 Å². The number of anilines is 3. The largest absolute Gasteiger partial charge is 0.384 e. The van der Waals surface area contributed by atoms with Gasteiger partial charge in [-0.1, -0.05) is 26.8 Å². The number of nitrogens with zero attached hydrogens (tertiary/aromatic N) is 5. The van der Waals surface area contributed by atoms with Crippen molar-refractivity contribution in [1.29, 1.82) is 0 Å². The number of carbonyl (C=O) groups is 1. The minimum Gasteiger partial charge on any atom is -0.384 e. The van der Waals surface area contributed by atoms with Crippen LogP contribution in [0.3, 0.4) is 0 Å². The zero-order valence-electron chi connectivity index (χ0n) is 23.3. The number of hydrogen-bond acceptors (Lipinski definition) is 9. The monoisotopic (exact) mass is 553 g/mol. The molecule has 1 amide bonds. The van der Waals surface area contributed by atoms with Crippen LogP contribution in [0.25, 0.3) is 11.3 Å².